The van der Waals surface area contributed by atoms with Gasteiger partial charge in [-0.05, 0) is 24.9 Å². The Morgan fingerprint density at radius 2 is 1.71 bits per heavy atom. The third-order valence-corrected chi connectivity index (χ3v) is 7.95. The molecule has 0 heterocycles. The van der Waals surface area contributed by atoms with Gasteiger partial charge in [0.2, 0.25) is 0 Å². The van der Waals surface area contributed by atoms with Crippen molar-refractivity contribution < 1.29 is 9.84 Å². The molecule has 1 unspecified atom stereocenters. The van der Waals surface area contributed by atoms with Gasteiger partial charge in [0.15, 0.2) is 0 Å². The van der Waals surface area contributed by atoms with Gasteiger partial charge in [0.05, 0.1) is 12.7 Å². The number of hydrogen-bond acceptors (Lipinski definition) is 2. The molecule has 0 aliphatic heterocycles. The van der Waals surface area contributed by atoms with Crippen molar-refractivity contribution in [2.24, 2.45) is 0 Å². The third-order valence-electron chi connectivity index (χ3n) is 3.18. The fourth-order valence-electron chi connectivity index (χ4n) is 1.64. The summed E-state index contributed by atoms with van der Waals surface area (Å²) in [6.07, 6.45) is 4.74. The lowest BCUT2D eigenvalue weighted by atomic mass is 10.3. The Bertz CT molecular complexity index is 167. The van der Waals surface area contributed by atoms with Gasteiger partial charge in [0.1, 0.15) is 0 Å². The van der Waals surface area contributed by atoms with Crippen LogP contribution >= 0.6 is 6.89 Å². The van der Waals surface area contributed by atoms with Crippen molar-refractivity contribution >= 4 is 12.7 Å². The molecular weight excluding hydrogens is 195 g/mol. The van der Waals surface area contributed by atoms with E-state index < -0.39 is 6.89 Å². The van der Waals surface area contributed by atoms with Crippen LogP contribution in [0.25, 0.3) is 0 Å². The molecule has 0 saturated carbocycles. The van der Waals surface area contributed by atoms with Crippen LogP contribution in [0, 0.1) is 0 Å². The van der Waals surface area contributed by atoms with Crippen LogP contribution in [0.15, 0.2) is 0 Å². The number of aliphatic hydroxyl groups excluding tert-OH is 1. The molecule has 0 aromatic rings. The summed E-state index contributed by atoms with van der Waals surface area (Å²) in [6.45, 7) is 6.12. The minimum Gasteiger partial charge on any atom is -0.394 e. The molecular formula is C11H25O2P. The van der Waals surface area contributed by atoms with Gasteiger partial charge in [-0.3, -0.25) is 0 Å². The fraction of sp³-hybridized carbons (Fsp3) is 0.909. The van der Waals surface area contributed by atoms with E-state index in [-0.39, 0.29) is 12.7 Å². The van der Waals surface area contributed by atoms with Crippen LogP contribution in [-0.4, -0.2) is 49.2 Å². The second-order valence-electron chi connectivity index (χ2n) is 3.63. The van der Waals surface area contributed by atoms with Crippen LogP contribution in [0.1, 0.15) is 27.2 Å². The van der Waals surface area contributed by atoms with Gasteiger partial charge < -0.3 is 9.84 Å². The van der Waals surface area contributed by atoms with Crippen LogP contribution in [-0.2, 0) is 4.74 Å². The van der Waals surface area contributed by atoms with Crippen molar-refractivity contribution in [2.75, 3.05) is 32.2 Å². The first-order valence-electron chi connectivity index (χ1n) is 5.51. The largest absolute Gasteiger partial charge is 0.394 e. The summed E-state index contributed by atoms with van der Waals surface area (Å²) in [5.41, 5.74) is 0. The highest BCUT2D eigenvalue weighted by molar-refractivity contribution is 7.74. The highest BCUT2D eigenvalue weighted by atomic mass is 31.2. The standard InChI is InChI=1S/C11H25O2P/c1-5-14(6-2,7-3)9-8-11(10-12)13-4/h9,11-12H,5-8,10H2,1-4H3. The summed E-state index contributed by atoms with van der Waals surface area (Å²) in [4.78, 5) is 0. The lowest BCUT2D eigenvalue weighted by Gasteiger charge is -2.22. The molecule has 0 saturated heterocycles. The quantitative estimate of drug-likeness (QED) is 0.667. The van der Waals surface area contributed by atoms with E-state index in [0.717, 1.165) is 6.42 Å². The predicted molar refractivity (Wildman–Crippen MR) is 67.1 cm³/mol. The van der Waals surface area contributed by atoms with Gasteiger partial charge in [-0.2, -0.15) is 0 Å². The second kappa shape index (κ2) is 7.50. The molecule has 0 fully saturated rings. The first-order chi connectivity index (χ1) is 6.67. The highest BCUT2D eigenvalue weighted by Crippen LogP contribution is 2.45. The fourth-order valence-corrected chi connectivity index (χ4v) is 4.44. The van der Waals surface area contributed by atoms with Crippen molar-refractivity contribution in [2.45, 2.75) is 33.3 Å². The summed E-state index contributed by atoms with van der Waals surface area (Å²) in [6, 6.07) is 0. The average molecular weight is 220 g/mol. The topological polar surface area (TPSA) is 29.5 Å². The SMILES string of the molecule is CCP(=CCC(CO)OC)(CC)CC. The number of ether oxygens (including phenoxy) is 1. The molecule has 0 aliphatic rings. The Balaban J connectivity index is 4.42. The molecule has 1 atom stereocenters. The monoisotopic (exact) mass is 220 g/mol. The average Bonchev–Trinajstić information content (AvgIpc) is 2.26. The van der Waals surface area contributed by atoms with E-state index in [1.165, 1.54) is 18.5 Å². The molecule has 14 heavy (non-hydrogen) atoms. The Morgan fingerprint density at radius 1 is 1.21 bits per heavy atom. The Morgan fingerprint density at radius 3 is 2.00 bits per heavy atom. The maximum Gasteiger partial charge on any atom is 0.0836 e. The van der Waals surface area contributed by atoms with E-state index >= 15 is 0 Å². The summed E-state index contributed by atoms with van der Waals surface area (Å²) in [5.74, 6) is 2.44. The van der Waals surface area contributed by atoms with Gasteiger partial charge in [-0.25, -0.2) is 0 Å². The van der Waals surface area contributed by atoms with Crippen LogP contribution in [0.4, 0.5) is 0 Å². The summed E-state index contributed by atoms with van der Waals surface area (Å²) < 4.78 is 5.16. The molecule has 0 amide bonds. The lowest BCUT2D eigenvalue weighted by Crippen LogP contribution is -2.16. The second-order valence-corrected chi connectivity index (χ2v) is 8.33. The van der Waals surface area contributed by atoms with Crippen molar-refractivity contribution in [3.8, 4) is 0 Å². The number of methoxy groups -OCH3 is 1. The zero-order valence-corrected chi connectivity index (χ0v) is 10.9. The number of aliphatic hydroxyl groups is 1. The normalized spacial score (nSPS) is 14.1. The highest BCUT2D eigenvalue weighted by Gasteiger charge is 2.11. The molecule has 3 heteroatoms. The molecule has 1 N–H and O–H groups in total. The first kappa shape index (κ1) is 14.2. The van der Waals surface area contributed by atoms with Gasteiger partial charge in [0, 0.05) is 7.11 Å². The predicted octanol–water partition coefficient (Wildman–Crippen LogP) is 2.26. The van der Waals surface area contributed by atoms with Crippen LogP contribution < -0.4 is 0 Å². The van der Waals surface area contributed by atoms with Gasteiger partial charge in [-0.15, -0.1) is 6.89 Å². The zero-order chi connectivity index (χ0) is 11.0. The van der Waals surface area contributed by atoms with Crippen molar-refractivity contribution in [3.63, 3.8) is 0 Å². The van der Waals surface area contributed by atoms with E-state index in [4.69, 9.17) is 9.84 Å². The Labute approximate surface area is 88.6 Å². The maximum atomic E-state index is 9.01. The Kier molecular flexibility index (Phi) is 7.62. The van der Waals surface area contributed by atoms with E-state index in [2.05, 4.69) is 26.6 Å². The summed E-state index contributed by atoms with van der Waals surface area (Å²) in [5, 5.41) is 9.01. The molecule has 0 radical (unpaired) electrons. The molecule has 0 spiro atoms. The van der Waals surface area contributed by atoms with E-state index in [9.17, 15) is 0 Å². The first-order valence-corrected chi connectivity index (χ1v) is 7.93. The molecule has 0 bridgehead atoms. The molecule has 0 rings (SSSR count). The van der Waals surface area contributed by atoms with Crippen LogP contribution in [0.2, 0.25) is 0 Å². The van der Waals surface area contributed by atoms with Gasteiger partial charge in [-0.1, -0.05) is 26.6 Å². The minimum atomic E-state index is -0.835. The van der Waals surface area contributed by atoms with Crippen molar-refractivity contribution in [1.82, 2.24) is 0 Å². The Hall–Kier alpha value is 0.220. The lowest BCUT2D eigenvalue weighted by molar-refractivity contribution is 0.0552. The number of hydrogen-bond donors (Lipinski definition) is 1. The summed E-state index contributed by atoms with van der Waals surface area (Å²) in [7, 11) is 1.67. The third kappa shape index (κ3) is 4.16. The van der Waals surface area contributed by atoms with Gasteiger partial charge in [0.25, 0.3) is 0 Å². The van der Waals surface area contributed by atoms with E-state index in [1.807, 2.05) is 0 Å². The molecule has 0 aromatic carbocycles. The van der Waals surface area contributed by atoms with Crippen LogP contribution in [0.3, 0.4) is 0 Å². The van der Waals surface area contributed by atoms with E-state index in [1.54, 1.807) is 7.11 Å². The molecule has 86 valence electrons. The minimum absolute atomic E-state index is 0.000903. The molecule has 2 nitrogen and oxygen atoms in total. The zero-order valence-electron chi connectivity index (χ0n) is 9.99. The van der Waals surface area contributed by atoms with Crippen LogP contribution in [0.5, 0.6) is 0 Å². The molecule has 0 aliphatic carbocycles. The number of rotatable bonds is 7. The van der Waals surface area contributed by atoms with Crippen molar-refractivity contribution in [1.29, 1.82) is 0 Å². The van der Waals surface area contributed by atoms with E-state index in [0.29, 0.717) is 0 Å². The van der Waals surface area contributed by atoms with Gasteiger partial charge >= 0.3 is 0 Å². The maximum absolute atomic E-state index is 9.01. The van der Waals surface area contributed by atoms with Crippen molar-refractivity contribution in [3.05, 3.63) is 0 Å². The molecule has 0 aromatic heterocycles. The summed E-state index contributed by atoms with van der Waals surface area (Å²) >= 11 is 0. The smallest absolute Gasteiger partial charge is 0.0836 e.